The first kappa shape index (κ1) is 21.6. The van der Waals surface area contributed by atoms with Gasteiger partial charge in [0, 0.05) is 11.8 Å². The summed E-state index contributed by atoms with van der Waals surface area (Å²) in [4.78, 5) is 30.8. The fourth-order valence-electron chi connectivity index (χ4n) is 3.59. The van der Waals surface area contributed by atoms with Crippen LogP contribution in [0.15, 0.2) is 76.7 Å². The van der Waals surface area contributed by atoms with Gasteiger partial charge in [-0.3, -0.25) is 14.2 Å². The van der Waals surface area contributed by atoms with E-state index in [4.69, 9.17) is 9.72 Å². The van der Waals surface area contributed by atoms with Gasteiger partial charge in [0.05, 0.1) is 29.5 Å². The van der Waals surface area contributed by atoms with Crippen LogP contribution in [-0.4, -0.2) is 28.3 Å². The van der Waals surface area contributed by atoms with Crippen molar-refractivity contribution in [3.05, 3.63) is 88.2 Å². The van der Waals surface area contributed by atoms with Crippen molar-refractivity contribution >= 4 is 34.3 Å². The number of amides is 1. The Balaban J connectivity index is 1.70. The van der Waals surface area contributed by atoms with Gasteiger partial charge >= 0.3 is 0 Å². The molecule has 0 aliphatic heterocycles. The SMILES string of the molecule is COc1cccc(NC(=O)CSc2nc3ccccc3c(=O)n2-c2c(C)cccc2C)c1. The highest BCUT2D eigenvalue weighted by Gasteiger charge is 2.17. The monoisotopic (exact) mass is 445 g/mol. The van der Waals surface area contributed by atoms with E-state index in [1.807, 2.05) is 62.4 Å². The number of thioether (sulfide) groups is 1. The Morgan fingerprint density at radius 3 is 2.50 bits per heavy atom. The number of methoxy groups -OCH3 is 1. The number of anilines is 1. The Morgan fingerprint density at radius 2 is 1.75 bits per heavy atom. The number of ether oxygens (including phenoxy) is 1. The maximum Gasteiger partial charge on any atom is 0.266 e. The van der Waals surface area contributed by atoms with Gasteiger partial charge in [-0.15, -0.1) is 0 Å². The minimum Gasteiger partial charge on any atom is -0.497 e. The quantitative estimate of drug-likeness (QED) is 0.343. The molecule has 0 saturated heterocycles. The molecule has 1 amide bonds. The largest absolute Gasteiger partial charge is 0.497 e. The lowest BCUT2D eigenvalue weighted by molar-refractivity contribution is -0.113. The standard InChI is InChI=1S/C25H23N3O3S/c1-16-8-6-9-17(2)23(16)28-24(30)20-12-4-5-13-21(20)27-25(28)32-15-22(29)26-18-10-7-11-19(14-18)31-3/h4-14H,15H2,1-3H3,(H,26,29). The highest BCUT2D eigenvalue weighted by Crippen LogP contribution is 2.26. The molecule has 4 rings (SSSR count). The van der Waals surface area contributed by atoms with Crippen molar-refractivity contribution in [3.8, 4) is 11.4 Å². The summed E-state index contributed by atoms with van der Waals surface area (Å²) in [6.07, 6.45) is 0. The molecule has 1 aromatic heterocycles. The Bertz CT molecular complexity index is 1340. The number of carbonyl (C=O) groups excluding carboxylic acids is 1. The Kier molecular flexibility index (Phi) is 6.28. The summed E-state index contributed by atoms with van der Waals surface area (Å²) in [5.74, 6) is 0.571. The van der Waals surface area contributed by atoms with Crippen LogP contribution in [0.25, 0.3) is 16.6 Å². The second-order valence-electron chi connectivity index (χ2n) is 7.36. The zero-order valence-electron chi connectivity index (χ0n) is 18.1. The predicted molar refractivity (Wildman–Crippen MR) is 129 cm³/mol. The molecule has 1 N–H and O–H groups in total. The molecule has 0 radical (unpaired) electrons. The van der Waals surface area contributed by atoms with Gasteiger partial charge < -0.3 is 10.1 Å². The number of nitrogens with one attached hydrogen (secondary N) is 1. The topological polar surface area (TPSA) is 73.2 Å². The number of nitrogens with zero attached hydrogens (tertiary/aromatic N) is 2. The number of fused-ring (bicyclic) bond motifs is 1. The second kappa shape index (κ2) is 9.28. The van der Waals surface area contributed by atoms with Gasteiger partial charge in [0.15, 0.2) is 5.16 Å². The number of benzene rings is 3. The van der Waals surface area contributed by atoms with Crippen LogP contribution in [0.2, 0.25) is 0 Å². The fraction of sp³-hybridized carbons (Fsp3) is 0.160. The van der Waals surface area contributed by atoms with Crippen molar-refractivity contribution in [1.29, 1.82) is 0 Å². The van der Waals surface area contributed by atoms with Crippen LogP contribution in [0.5, 0.6) is 5.75 Å². The molecular weight excluding hydrogens is 422 g/mol. The fourth-order valence-corrected chi connectivity index (χ4v) is 4.39. The minimum absolute atomic E-state index is 0.104. The second-order valence-corrected chi connectivity index (χ2v) is 8.30. The number of carbonyl (C=O) groups is 1. The number of rotatable bonds is 6. The summed E-state index contributed by atoms with van der Waals surface area (Å²) in [5, 5.41) is 3.89. The summed E-state index contributed by atoms with van der Waals surface area (Å²) < 4.78 is 6.82. The molecule has 7 heteroatoms. The van der Waals surface area contributed by atoms with E-state index in [9.17, 15) is 9.59 Å². The summed E-state index contributed by atoms with van der Waals surface area (Å²) >= 11 is 1.23. The smallest absolute Gasteiger partial charge is 0.266 e. The molecule has 0 aliphatic rings. The van der Waals surface area contributed by atoms with Gasteiger partial charge in [0.1, 0.15) is 5.75 Å². The summed E-state index contributed by atoms with van der Waals surface area (Å²) in [5.41, 5.74) is 3.83. The number of para-hydroxylation sites is 2. The summed E-state index contributed by atoms with van der Waals surface area (Å²) in [6.45, 7) is 3.93. The molecule has 0 saturated carbocycles. The van der Waals surface area contributed by atoms with Crippen LogP contribution < -0.4 is 15.6 Å². The first-order valence-corrected chi connectivity index (χ1v) is 11.1. The van der Waals surface area contributed by atoms with Gasteiger partial charge in [0.2, 0.25) is 5.91 Å². The Labute approximate surface area is 190 Å². The lowest BCUT2D eigenvalue weighted by Gasteiger charge is -2.17. The number of hydrogen-bond donors (Lipinski definition) is 1. The molecule has 0 bridgehead atoms. The van der Waals surface area contributed by atoms with Crippen LogP contribution in [-0.2, 0) is 4.79 Å². The molecule has 4 aromatic rings. The van der Waals surface area contributed by atoms with Gasteiger partial charge in [-0.25, -0.2) is 4.98 Å². The van der Waals surface area contributed by atoms with Crippen LogP contribution in [0.3, 0.4) is 0 Å². The average Bonchev–Trinajstić information content (AvgIpc) is 2.79. The first-order chi connectivity index (χ1) is 15.5. The zero-order chi connectivity index (χ0) is 22.7. The summed E-state index contributed by atoms with van der Waals surface area (Å²) in [7, 11) is 1.58. The molecular formula is C25H23N3O3S. The van der Waals surface area contributed by atoms with Crippen molar-refractivity contribution < 1.29 is 9.53 Å². The third-order valence-electron chi connectivity index (χ3n) is 5.09. The van der Waals surface area contributed by atoms with E-state index in [0.717, 1.165) is 16.8 Å². The molecule has 162 valence electrons. The molecule has 6 nitrogen and oxygen atoms in total. The number of aryl methyl sites for hydroxylation is 2. The normalized spacial score (nSPS) is 10.8. The Morgan fingerprint density at radius 1 is 1.03 bits per heavy atom. The average molecular weight is 446 g/mol. The third-order valence-corrected chi connectivity index (χ3v) is 6.03. The Hall–Kier alpha value is -3.58. The molecule has 0 spiro atoms. The van der Waals surface area contributed by atoms with E-state index >= 15 is 0 Å². The van der Waals surface area contributed by atoms with Gasteiger partial charge in [-0.05, 0) is 49.2 Å². The van der Waals surface area contributed by atoms with Crippen molar-refractivity contribution in [3.63, 3.8) is 0 Å². The van der Waals surface area contributed by atoms with Crippen LogP contribution in [0, 0.1) is 13.8 Å². The van der Waals surface area contributed by atoms with Gasteiger partial charge in [0.25, 0.3) is 5.56 Å². The van der Waals surface area contributed by atoms with Gasteiger partial charge in [-0.1, -0.05) is 48.2 Å². The maximum atomic E-state index is 13.5. The molecule has 0 atom stereocenters. The summed E-state index contributed by atoms with van der Waals surface area (Å²) in [6, 6.07) is 20.3. The van der Waals surface area contributed by atoms with Crippen molar-refractivity contribution in [2.75, 3.05) is 18.2 Å². The number of aromatic nitrogens is 2. The highest BCUT2D eigenvalue weighted by atomic mass is 32.2. The lowest BCUT2D eigenvalue weighted by Crippen LogP contribution is -2.24. The molecule has 0 fully saturated rings. The molecule has 3 aromatic carbocycles. The van der Waals surface area contributed by atoms with Crippen LogP contribution >= 0.6 is 11.8 Å². The van der Waals surface area contributed by atoms with Crippen LogP contribution in [0.4, 0.5) is 5.69 Å². The van der Waals surface area contributed by atoms with Crippen molar-refractivity contribution in [1.82, 2.24) is 9.55 Å². The minimum atomic E-state index is -0.196. The molecule has 1 heterocycles. The first-order valence-electron chi connectivity index (χ1n) is 10.1. The number of hydrogen-bond acceptors (Lipinski definition) is 5. The van der Waals surface area contributed by atoms with Crippen LogP contribution in [0.1, 0.15) is 11.1 Å². The van der Waals surface area contributed by atoms with E-state index in [1.165, 1.54) is 11.8 Å². The predicted octanol–water partition coefficient (Wildman–Crippen LogP) is 4.74. The highest BCUT2D eigenvalue weighted by molar-refractivity contribution is 7.99. The molecule has 0 aliphatic carbocycles. The van der Waals surface area contributed by atoms with Gasteiger partial charge in [-0.2, -0.15) is 0 Å². The van der Waals surface area contributed by atoms with E-state index < -0.39 is 0 Å². The maximum absolute atomic E-state index is 13.5. The third kappa shape index (κ3) is 4.38. The van der Waals surface area contributed by atoms with Crippen molar-refractivity contribution in [2.45, 2.75) is 19.0 Å². The van der Waals surface area contributed by atoms with E-state index in [0.29, 0.717) is 27.5 Å². The van der Waals surface area contributed by atoms with E-state index in [1.54, 1.807) is 29.9 Å². The van der Waals surface area contributed by atoms with E-state index in [-0.39, 0.29) is 17.2 Å². The zero-order valence-corrected chi connectivity index (χ0v) is 18.9. The van der Waals surface area contributed by atoms with E-state index in [2.05, 4.69) is 5.32 Å². The molecule has 32 heavy (non-hydrogen) atoms. The lowest BCUT2D eigenvalue weighted by atomic mass is 10.1. The van der Waals surface area contributed by atoms with Crippen molar-refractivity contribution in [2.24, 2.45) is 0 Å². The molecule has 0 unspecified atom stereocenters.